The highest BCUT2D eigenvalue weighted by molar-refractivity contribution is 5.28. The third-order valence-corrected chi connectivity index (χ3v) is 6.19. The van der Waals surface area contributed by atoms with Crippen molar-refractivity contribution in [2.24, 2.45) is 0 Å². The number of ether oxygens (including phenoxy) is 1. The van der Waals surface area contributed by atoms with Crippen LogP contribution in [0.3, 0.4) is 0 Å². The maximum atomic E-state index is 13.6. The summed E-state index contributed by atoms with van der Waals surface area (Å²) in [4.78, 5) is 11.6. The van der Waals surface area contributed by atoms with Crippen LogP contribution in [-0.2, 0) is 17.7 Å². The maximum absolute atomic E-state index is 13.6. The molecule has 3 heterocycles. The minimum atomic E-state index is -0.104. The second-order valence-corrected chi connectivity index (χ2v) is 7.98. The molecule has 0 radical (unpaired) electrons. The summed E-state index contributed by atoms with van der Waals surface area (Å²) >= 11 is 0. The average molecular weight is 369 g/mol. The number of methoxy groups -OCH3 is 1. The number of aromatic nitrogens is 2. The minimum absolute atomic E-state index is 0.104. The third-order valence-electron chi connectivity index (χ3n) is 6.19. The molecule has 2 aliphatic heterocycles. The van der Waals surface area contributed by atoms with Crippen LogP contribution in [0.2, 0.25) is 0 Å². The first-order valence-corrected chi connectivity index (χ1v) is 9.94. The van der Waals surface area contributed by atoms with E-state index in [4.69, 9.17) is 4.74 Å². The molecule has 5 heteroatoms. The van der Waals surface area contributed by atoms with Crippen LogP contribution < -0.4 is 0 Å². The number of halogens is 1. The summed E-state index contributed by atoms with van der Waals surface area (Å²) in [5.74, 6) is 1.28. The van der Waals surface area contributed by atoms with Crippen LogP contribution in [0.5, 0.6) is 0 Å². The molecule has 0 amide bonds. The lowest BCUT2D eigenvalue weighted by Crippen LogP contribution is -2.41. The summed E-state index contributed by atoms with van der Waals surface area (Å²) in [6.07, 6.45) is 9.52. The van der Waals surface area contributed by atoms with E-state index in [-0.39, 0.29) is 5.82 Å². The van der Waals surface area contributed by atoms with Gasteiger partial charge in [-0.2, -0.15) is 0 Å². The Hall–Kier alpha value is -1.85. The number of fused-ring (bicyclic) bond motifs is 2. The summed E-state index contributed by atoms with van der Waals surface area (Å²) in [5, 5.41) is 0. The van der Waals surface area contributed by atoms with Gasteiger partial charge in [0.1, 0.15) is 11.6 Å². The van der Waals surface area contributed by atoms with E-state index in [1.165, 1.54) is 24.0 Å². The Labute approximate surface area is 160 Å². The summed E-state index contributed by atoms with van der Waals surface area (Å²) in [6, 6.07) is 6.86. The van der Waals surface area contributed by atoms with Crippen molar-refractivity contribution in [3.05, 3.63) is 58.9 Å². The highest BCUT2D eigenvalue weighted by Gasteiger charge is 2.40. The van der Waals surface area contributed by atoms with Crippen molar-refractivity contribution in [3.63, 3.8) is 0 Å². The maximum Gasteiger partial charge on any atom is 0.130 e. The summed E-state index contributed by atoms with van der Waals surface area (Å²) in [7, 11) is 1.70. The molecular formula is C22H28FN3O. The Morgan fingerprint density at radius 2 is 1.85 bits per heavy atom. The number of aryl methyl sites for hydroxylation is 1. The molecule has 0 spiro atoms. The predicted molar refractivity (Wildman–Crippen MR) is 103 cm³/mol. The lowest BCUT2D eigenvalue weighted by molar-refractivity contribution is 0.118. The number of rotatable bonds is 6. The van der Waals surface area contributed by atoms with Gasteiger partial charge in [0.05, 0.1) is 6.61 Å². The SMILES string of the molecule is COCCc1ncc(CN2[C@@H]3CC[C@H]2CC(c2ccc(F)c(C)c2)C3)cn1. The zero-order chi connectivity index (χ0) is 18.8. The van der Waals surface area contributed by atoms with Gasteiger partial charge in [-0.3, -0.25) is 4.90 Å². The van der Waals surface area contributed by atoms with E-state index in [9.17, 15) is 4.39 Å². The molecule has 2 aliphatic rings. The van der Waals surface area contributed by atoms with Crippen LogP contribution in [0, 0.1) is 12.7 Å². The first-order valence-electron chi connectivity index (χ1n) is 9.94. The fourth-order valence-corrected chi connectivity index (χ4v) is 4.72. The van der Waals surface area contributed by atoms with Gasteiger partial charge in [0.15, 0.2) is 0 Å². The van der Waals surface area contributed by atoms with E-state index in [0.717, 1.165) is 37.2 Å². The van der Waals surface area contributed by atoms with Gasteiger partial charge in [0.2, 0.25) is 0 Å². The molecule has 27 heavy (non-hydrogen) atoms. The molecule has 2 aromatic rings. The molecule has 3 atom stereocenters. The Morgan fingerprint density at radius 1 is 1.15 bits per heavy atom. The van der Waals surface area contributed by atoms with Gasteiger partial charge in [-0.05, 0) is 55.7 Å². The Balaban J connectivity index is 1.41. The van der Waals surface area contributed by atoms with Crippen molar-refractivity contribution < 1.29 is 9.13 Å². The van der Waals surface area contributed by atoms with E-state index in [1.807, 2.05) is 31.5 Å². The van der Waals surface area contributed by atoms with Crippen LogP contribution in [0.25, 0.3) is 0 Å². The van der Waals surface area contributed by atoms with Crippen molar-refractivity contribution in [3.8, 4) is 0 Å². The van der Waals surface area contributed by atoms with E-state index >= 15 is 0 Å². The van der Waals surface area contributed by atoms with Crippen molar-refractivity contribution in [1.82, 2.24) is 14.9 Å². The quantitative estimate of drug-likeness (QED) is 0.771. The monoisotopic (exact) mass is 369 g/mol. The van der Waals surface area contributed by atoms with Crippen LogP contribution in [0.1, 0.15) is 54.1 Å². The number of hydrogen-bond acceptors (Lipinski definition) is 4. The molecule has 1 unspecified atom stereocenters. The van der Waals surface area contributed by atoms with E-state index in [2.05, 4.69) is 14.9 Å². The van der Waals surface area contributed by atoms with Crippen molar-refractivity contribution >= 4 is 0 Å². The highest BCUT2D eigenvalue weighted by atomic mass is 19.1. The molecule has 0 aliphatic carbocycles. The second-order valence-electron chi connectivity index (χ2n) is 7.98. The van der Waals surface area contributed by atoms with Crippen molar-refractivity contribution in [2.75, 3.05) is 13.7 Å². The van der Waals surface area contributed by atoms with E-state index < -0.39 is 0 Å². The Bertz CT molecular complexity index is 766. The number of nitrogens with zero attached hydrogens (tertiary/aromatic N) is 3. The van der Waals surface area contributed by atoms with Gasteiger partial charge in [0.25, 0.3) is 0 Å². The molecule has 1 aromatic heterocycles. The van der Waals surface area contributed by atoms with Crippen molar-refractivity contribution in [1.29, 1.82) is 0 Å². The summed E-state index contributed by atoms with van der Waals surface area (Å²) in [6.45, 7) is 3.44. The van der Waals surface area contributed by atoms with Crippen LogP contribution in [0.4, 0.5) is 4.39 Å². The number of benzene rings is 1. The van der Waals surface area contributed by atoms with Gasteiger partial charge in [-0.25, -0.2) is 14.4 Å². The topological polar surface area (TPSA) is 38.2 Å². The molecule has 0 saturated carbocycles. The fourth-order valence-electron chi connectivity index (χ4n) is 4.72. The summed E-state index contributed by atoms with van der Waals surface area (Å²) < 4.78 is 18.7. The minimum Gasteiger partial charge on any atom is -0.384 e. The lowest BCUT2D eigenvalue weighted by atomic mass is 9.84. The van der Waals surface area contributed by atoms with Crippen LogP contribution in [0.15, 0.2) is 30.6 Å². The molecular weight excluding hydrogens is 341 g/mol. The second kappa shape index (κ2) is 8.03. The zero-order valence-corrected chi connectivity index (χ0v) is 16.2. The fraction of sp³-hybridized carbons (Fsp3) is 0.545. The van der Waals surface area contributed by atoms with E-state index in [1.54, 1.807) is 13.2 Å². The lowest BCUT2D eigenvalue weighted by Gasteiger charge is -2.39. The standard InChI is InChI=1S/C22H28FN3O/c1-15-9-17(3-6-21(15)23)18-10-19-4-5-20(11-18)26(19)14-16-12-24-22(25-13-16)7-8-27-2/h3,6,9,12-13,18-20H,4-5,7-8,10-11,14H2,1-2H3/t18?,19-,20+. The largest absolute Gasteiger partial charge is 0.384 e. The third kappa shape index (κ3) is 4.04. The normalized spacial score (nSPS) is 25.1. The van der Waals surface area contributed by atoms with Crippen LogP contribution >= 0.6 is 0 Å². The predicted octanol–water partition coefficient (Wildman–Crippen LogP) is 4.02. The van der Waals surface area contributed by atoms with Gasteiger partial charge in [-0.15, -0.1) is 0 Å². The number of piperidine rings is 1. The Morgan fingerprint density at radius 3 is 2.48 bits per heavy atom. The molecule has 1 aromatic carbocycles. The van der Waals surface area contributed by atoms with Crippen LogP contribution in [-0.4, -0.2) is 40.7 Å². The molecule has 144 valence electrons. The molecule has 4 nitrogen and oxygen atoms in total. The van der Waals surface area contributed by atoms with Gasteiger partial charge in [-0.1, -0.05) is 12.1 Å². The molecule has 2 bridgehead atoms. The zero-order valence-electron chi connectivity index (χ0n) is 16.2. The number of hydrogen-bond donors (Lipinski definition) is 0. The molecule has 4 rings (SSSR count). The highest BCUT2D eigenvalue weighted by Crippen LogP contribution is 2.43. The smallest absolute Gasteiger partial charge is 0.130 e. The van der Waals surface area contributed by atoms with E-state index in [0.29, 0.717) is 24.6 Å². The molecule has 2 fully saturated rings. The first kappa shape index (κ1) is 18.5. The van der Waals surface area contributed by atoms with Gasteiger partial charge < -0.3 is 4.74 Å². The van der Waals surface area contributed by atoms with Gasteiger partial charge >= 0.3 is 0 Å². The Kier molecular flexibility index (Phi) is 5.50. The summed E-state index contributed by atoms with van der Waals surface area (Å²) in [5.41, 5.74) is 3.24. The average Bonchev–Trinajstić information content (AvgIpc) is 2.90. The van der Waals surface area contributed by atoms with Crippen molar-refractivity contribution in [2.45, 2.75) is 63.6 Å². The first-order chi connectivity index (χ1) is 13.1. The molecule has 0 N–H and O–H groups in total. The molecule has 2 saturated heterocycles. The van der Waals surface area contributed by atoms with Gasteiger partial charge in [0, 0.05) is 50.1 Å².